The van der Waals surface area contributed by atoms with Gasteiger partial charge in [0.15, 0.2) is 0 Å². The highest BCUT2D eigenvalue weighted by molar-refractivity contribution is 7.74. The highest BCUT2D eigenvalue weighted by Gasteiger charge is 2.26. The summed E-state index contributed by atoms with van der Waals surface area (Å²) in [6.07, 6.45) is 7.66. The molecule has 1 rings (SSSR count). The SMILES string of the molecule is C[P+]1(C)CCCCC1. The molecule has 0 aliphatic carbocycles. The average molecular weight is 131 g/mol. The highest BCUT2D eigenvalue weighted by Crippen LogP contribution is 2.54. The van der Waals surface area contributed by atoms with Crippen molar-refractivity contribution in [3.63, 3.8) is 0 Å². The molecule has 0 aromatic heterocycles. The molecular weight excluding hydrogens is 115 g/mol. The third-order valence-electron chi connectivity index (χ3n) is 2.03. The van der Waals surface area contributed by atoms with Gasteiger partial charge in [-0.05, 0) is 19.3 Å². The molecule has 0 amide bonds. The molecule has 0 saturated carbocycles. The van der Waals surface area contributed by atoms with E-state index in [4.69, 9.17) is 0 Å². The zero-order valence-electron chi connectivity index (χ0n) is 5.98. The molecular formula is C7H16P+. The average Bonchev–Trinajstić information content (AvgIpc) is 1.65. The van der Waals surface area contributed by atoms with E-state index in [1.54, 1.807) is 12.3 Å². The minimum Gasteiger partial charge on any atom is -0.0464 e. The zero-order chi connectivity index (χ0) is 6.04. The van der Waals surface area contributed by atoms with Crippen molar-refractivity contribution >= 4 is 7.26 Å². The lowest BCUT2D eigenvalue weighted by Crippen LogP contribution is -2.06. The molecule has 1 fully saturated rings. The maximum absolute atomic E-state index is 2.49. The van der Waals surface area contributed by atoms with Gasteiger partial charge in [0.25, 0.3) is 0 Å². The van der Waals surface area contributed by atoms with E-state index in [1.807, 2.05) is 0 Å². The van der Waals surface area contributed by atoms with Crippen LogP contribution in [-0.2, 0) is 0 Å². The first-order chi connectivity index (χ1) is 3.71. The number of hydrogen-bond acceptors (Lipinski definition) is 0. The van der Waals surface area contributed by atoms with Gasteiger partial charge in [0, 0.05) is 20.6 Å². The van der Waals surface area contributed by atoms with Crippen molar-refractivity contribution in [3.05, 3.63) is 0 Å². The molecule has 1 aliphatic rings. The maximum Gasteiger partial charge on any atom is 0.0589 e. The Kier molecular flexibility index (Phi) is 1.92. The predicted molar refractivity (Wildman–Crippen MR) is 42.4 cm³/mol. The molecule has 1 heterocycles. The van der Waals surface area contributed by atoms with Crippen LogP contribution in [0, 0.1) is 0 Å². The topological polar surface area (TPSA) is 0 Å². The fourth-order valence-electron chi connectivity index (χ4n) is 1.37. The van der Waals surface area contributed by atoms with Crippen LogP contribution >= 0.6 is 7.26 Å². The standard InChI is InChI=1S/C7H16P/c1-8(2)6-4-3-5-7-8/h3-7H2,1-2H3/q+1. The van der Waals surface area contributed by atoms with Crippen LogP contribution in [0.4, 0.5) is 0 Å². The van der Waals surface area contributed by atoms with E-state index in [0.717, 1.165) is 0 Å². The summed E-state index contributed by atoms with van der Waals surface area (Å²) >= 11 is 0. The first-order valence-corrected chi connectivity index (χ1v) is 6.58. The van der Waals surface area contributed by atoms with Crippen LogP contribution in [0.15, 0.2) is 0 Å². The summed E-state index contributed by atoms with van der Waals surface area (Å²) in [5.74, 6) is 0. The van der Waals surface area contributed by atoms with E-state index in [-0.39, 0.29) is 7.26 Å². The van der Waals surface area contributed by atoms with Crippen LogP contribution in [0.3, 0.4) is 0 Å². The van der Waals surface area contributed by atoms with E-state index >= 15 is 0 Å². The van der Waals surface area contributed by atoms with Gasteiger partial charge >= 0.3 is 0 Å². The molecule has 48 valence electrons. The Bertz CT molecular complexity index is 68.5. The minimum absolute atomic E-state index is 0.337. The predicted octanol–water partition coefficient (Wildman–Crippen LogP) is 2.45. The lowest BCUT2D eigenvalue weighted by atomic mass is 10.3. The summed E-state index contributed by atoms with van der Waals surface area (Å²) in [4.78, 5) is 0. The largest absolute Gasteiger partial charge is 0.0589 e. The van der Waals surface area contributed by atoms with Gasteiger partial charge < -0.3 is 0 Å². The van der Waals surface area contributed by atoms with E-state index in [2.05, 4.69) is 13.3 Å². The van der Waals surface area contributed by atoms with Gasteiger partial charge in [-0.3, -0.25) is 0 Å². The first kappa shape index (κ1) is 6.55. The van der Waals surface area contributed by atoms with Gasteiger partial charge in [0.2, 0.25) is 0 Å². The Morgan fingerprint density at radius 3 is 1.62 bits per heavy atom. The van der Waals surface area contributed by atoms with Gasteiger partial charge in [-0.2, -0.15) is 0 Å². The molecule has 8 heavy (non-hydrogen) atoms. The molecule has 0 spiro atoms. The Morgan fingerprint density at radius 1 is 0.875 bits per heavy atom. The Hall–Kier alpha value is 0.430. The van der Waals surface area contributed by atoms with Gasteiger partial charge in [-0.25, -0.2) is 0 Å². The summed E-state index contributed by atoms with van der Waals surface area (Å²) in [7, 11) is -0.337. The summed E-state index contributed by atoms with van der Waals surface area (Å²) in [6.45, 7) is 4.98. The van der Waals surface area contributed by atoms with Crippen molar-refractivity contribution < 1.29 is 0 Å². The van der Waals surface area contributed by atoms with Crippen LogP contribution in [0.25, 0.3) is 0 Å². The van der Waals surface area contributed by atoms with Gasteiger partial charge in [0.1, 0.15) is 0 Å². The van der Waals surface area contributed by atoms with Crippen LogP contribution in [0.2, 0.25) is 0 Å². The van der Waals surface area contributed by atoms with E-state index in [0.29, 0.717) is 0 Å². The maximum atomic E-state index is 2.49. The number of hydrogen-bond donors (Lipinski definition) is 0. The summed E-state index contributed by atoms with van der Waals surface area (Å²) in [5, 5.41) is 0. The van der Waals surface area contributed by atoms with Crippen molar-refractivity contribution in [2.45, 2.75) is 19.3 Å². The van der Waals surface area contributed by atoms with Crippen LogP contribution in [-0.4, -0.2) is 25.7 Å². The van der Waals surface area contributed by atoms with Crippen molar-refractivity contribution in [1.82, 2.24) is 0 Å². The van der Waals surface area contributed by atoms with Crippen LogP contribution in [0.1, 0.15) is 19.3 Å². The van der Waals surface area contributed by atoms with Gasteiger partial charge in [0.05, 0.1) is 12.3 Å². The highest BCUT2D eigenvalue weighted by atomic mass is 31.2. The first-order valence-electron chi connectivity index (χ1n) is 3.53. The molecule has 1 heteroatoms. The van der Waals surface area contributed by atoms with E-state index < -0.39 is 0 Å². The third kappa shape index (κ3) is 1.74. The molecule has 0 aromatic rings. The molecule has 0 bridgehead atoms. The smallest absolute Gasteiger partial charge is 0.0464 e. The normalized spacial score (nSPS) is 27.8. The molecule has 1 aliphatic heterocycles. The molecule has 0 aromatic carbocycles. The van der Waals surface area contributed by atoms with Gasteiger partial charge in [-0.1, -0.05) is 0 Å². The minimum atomic E-state index is -0.337. The third-order valence-corrected chi connectivity index (χ3v) is 5.08. The monoisotopic (exact) mass is 131 g/mol. The number of rotatable bonds is 0. The molecule has 0 radical (unpaired) electrons. The quantitative estimate of drug-likeness (QED) is 0.443. The second-order valence-corrected chi connectivity index (χ2v) is 8.21. The second kappa shape index (κ2) is 2.35. The molecule has 0 nitrogen and oxygen atoms in total. The van der Waals surface area contributed by atoms with Crippen LogP contribution in [0.5, 0.6) is 0 Å². The Balaban J connectivity index is 2.33. The fraction of sp³-hybridized carbons (Fsp3) is 1.00. The van der Waals surface area contributed by atoms with Crippen molar-refractivity contribution in [2.24, 2.45) is 0 Å². The molecule has 0 unspecified atom stereocenters. The summed E-state index contributed by atoms with van der Waals surface area (Å²) in [5.41, 5.74) is 0. The van der Waals surface area contributed by atoms with Crippen molar-refractivity contribution in [2.75, 3.05) is 25.7 Å². The van der Waals surface area contributed by atoms with Gasteiger partial charge in [-0.15, -0.1) is 0 Å². The van der Waals surface area contributed by atoms with Crippen molar-refractivity contribution in [3.8, 4) is 0 Å². The zero-order valence-corrected chi connectivity index (χ0v) is 6.88. The molecule has 0 atom stereocenters. The van der Waals surface area contributed by atoms with Crippen LogP contribution < -0.4 is 0 Å². The Labute approximate surface area is 53.0 Å². The van der Waals surface area contributed by atoms with E-state index in [9.17, 15) is 0 Å². The molecule has 1 saturated heterocycles. The fourth-order valence-corrected chi connectivity index (χ4v) is 3.75. The molecule has 0 N–H and O–H groups in total. The summed E-state index contributed by atoms with van der Waals surface area (Å²) in [6, 6.07) is 0. The van der Waals surface area contributed by atoms with Crippen molar-refractivity contribution in [1.29, 1.82) is 0 Å². The second-order valence-electron chi connectivity index (χ2n) is 3.44. The lowest BCUT2D eigenvalue weighted by molar-refractivity contribution is 0.748. The van der Waals surface area contributed by atoms with E-state index in [1.165, 1.54) is 19.3 Å². The lowest BCUT2D eigenvalue weighted by Gasteiger charge is -2.21. The summed E-state index contributed by atoms with van der Waals surface area (Å²) < 4.78 is 0. The Morgan fingerprint density at radius 2 is 1.38 bits per heavy atom.